The van der Waals surface area contributed by atoms with Crippen molar-refractivity contribution in [2.24, 2.45) is 0 Å². The maximum absolute atomic E-state index is 5.81. The molecule has 2 aromatic heterocycles. The van der Waals surface area contributed by atoms with Gasteiger partial charge in [-0.1, -0.05) is 18.2 Å². The number of anilines is 1. The molecule has 0 fully saturated rings. The molecule has 0 spiro atoms. The third-order valence-electron chi connectivity index (χ3n) is 2.46. The lowest BCUT2D eigenvalue weighted by molar-refractivity contribution is 1.05. The highest BCUT2D eigenvalue weighted by molar-refractivity contribution is 7.99. The molecule has 1 aromatic carbocycles. The fourth-order valence-electron chi connectivity index (χ4n) is 1.64. The average molecular weight is 277 g/mol. The molecule has 0 aliphatic rings. The molecule has 0 saturated carbocycles. The zero-order chi connectivity index (χ0) is 12.5. The molecule has 0 amide bonds. The largest absolute Gasteiger partial charge is 0.395 e. The van der Waals surface area contributed by atoms with Crippen LogP contribution in [0, 0.1) is 0 Å². The van der Waals surface area contributed by atoms with Crippen molar-refractivity contribution in [3.63, 3.8) is 0 Å². The van der Waals surface area contributed by atoms with Crippen LogP contribution in [0.4, 0.5) is 5.69 Å². The van der Waals surface area contributed by atoms with Crippen molar-refractivity contribution in [2.75, 3.05) is 5.73 Å². The van der Waals surface area contributed by atoms with Crippen LogP contribution in [0.1, 0.15) is 0 Å². The van der Waals surface area contributed by atoms with E-state index in [1.807, 2.05) is 24.3 Å². The number of nitrogen functional groups attached to an aromatic ring is 1. The molecule has 3 rings (SSSR count). The van der Waals surface area contributed by atoms with E-state index in [4.69, 9.17) is 17.3 Å². The van der Waals surface area contributed by atoms with E-state index >= 15 is 0 Å². The molecule has 0 unspecified atom stereocenters. The summed E-state index contributed by atoms with van der Waals surface area (Å²) in [5.74, 6) is 0. The zero-order valence-corrected chi connectivity index (χ0v) is 10.8. The molecule has 18 heavy (non-hydrogen) atoms. The smallest absolute Gasteiger partial charge is 0.223 e. The maximum Gasteiger partial charge on any atom is 0.223 e. The summed E-state index contributed by atoms with van der Waals surface area (Å²) in [6, 6.07) is 10.1. The van der Waals surface area contributed by atoms with Crippen molar-refractivity contribution in [1.29, 1.82) is 0 Å². The number of rotatable bonds is 2. The topological polar surface area (TPSA) is 67.6 Å². The molecule has 0 aliphatic heterocycles. The summed E-state index contributed by atoms with van der Waals surface area (Å²) in [4.78, 5) is 11.2. The molecule has 0 atom stereocenters. The highest BCUT2D eigenvalue weighted by Gasteiger charge is 2.08. The van der Waals surface area contributed by atoms with Crippen molar-refractivity contribution in [3.8, 4) is 0 Å². The Kier molecular flexibility index (Phi) is 2.85. The van der Waals surface area contributed by atoms with Crippen LogP contribution in [-0.2, 0) is 0 Å². The molecule has 3 N–H and O–H groups in total. The predicted molar refractivity (Wildman–Crippen MR) is 73.9 cm³/mol. The van der Waals surface area contributed by atoms with E-state index < -0.39 is 0 Å². The van der Waals surface area contributed by atoms with Crippen LogP contribution in [0.5, 0.6) is 0 Å². The van der Waals surface area contributed by atoms with Gasteiger partial charge in [0.2, 0.25) is 5.28 Å². The summed E-state index contributed by atoms with van der Waals surface area (Å²) in [5, 5.41) is 2.97. The fourth-order valence-corrected chi connectivity index (χ4v) is 2.68. The van der Waals surface area contributed by atoms with E-state index in [0.29, 0.717) is 10.7 Å². The lowest BCUT2D eigenvalue weighted by Gasteiger charge is -2.01. The molecular formula is C12H9ClN4S. The number of aromatic amines is 1. The van der Waals surface area contributed by atoms with Gasteiger partial charge in [0, 0.05) is 10.9 Å². The normalized spacial score (nSPS) is 10.9. The highest BCUT2D eigenvalue weighted by Crippen LogP contribution is 2.31. The number of fused-ring (bicyclic) bond motifs is 1. The summed E-state index contributed by atoms with van der Waals surface area (Å²) in [7, 11) is 0. The second kappa shape index (κ2) is 4.51. The Morgan fingerprint density at radius 2 is 2.11 bits per heavy atom. The Morgan fingerprint density at radius 1 is 1.28 bits per heavy atom. The second-order valence-corrected chi connectivity index (χ2v) is 5.09. The number of nitrogens with one attached hydrogen (secondary N) is 1. The lowest BCUT2D eigenvalue weighted by Crippen LogP contribution is -1.94. The van der Waals surface area contributed by atoms with E-state index in [1.54, 1.807) is 0 Å². The van der Waals surface area contributed by atoms with E-state index in [2.05, 4.69) is 21.0 Å². The van der Waals surface area contributed by atoms with Crippen LogP contribution in [0.3, 0.4) is 0 Å². The van der Waals surface area contributed by atoms with Crippen molar-refractivity contribution >= 4 is 40.0 Å². The summed E-state index contributed by atoms with van der Waals surface area (Å²) >= 11 is 7.20. The number of hydrogen-bond donors (Lipinski definition) is 2. The molecule has 2 heterocycles. The van der Waals surface area contributed by atoms with E-state index in [9.17, 15) is 0 Å². The van der Waals surface area contributed by atoms with Gasteiger partial charge in [-0.05, 0) is 35.5 Å². The van der Waals surface area contributed by atoms with Gasteiger partial charge in [0.15, 0.2) is 0 Å². The summed E-state index contributed by atoms with van der Waals surface area (Å²) in [5.41, 5.74) is 7.41. The van der Waals surface area contributed by atoms with E-state index in [0.717, 1.165) is 15.9 Å². The first-order valence-electron chi connectivity index (χ1n) is 5.26. The molecule has 3 aromatic rings. The van der Waals surface area contributed by atoms with Crippen LogP contribution in [-0.4, -0.2) is 15.0 Å². The van der Waals surface area contributed by atoms with Gasteiger partial charge in [0.1, 0.15) is 5.03 Å². The maximum atomic E-state index is 5.81. The summed E-state index contributed by atoms with van der Waals surface area (Å²) < 4.78 is 0. The SMILES string of the molecule is Nc1cnc(Cl)nc1Sc1cc2ccccc2[nH]1. The van der Waals surface area contributed by atoms with Gasteiger partial charge < -0.3 is 10.7 Å². The Bertz CT molecular complexity index is 677. The van der Waals surface area contributed by atoms with Crippen LogP contribution in [0.25, 0.3) is 10.9 Å². The first-order chi connectivity index (χ1) is 8.72. The van der Waals surface area contributed by atoms with E-state index in [1.165, 1.54) is 18.0 Å². The standard InChI is InChI=1S/C12H9ClN4S/c13-12-15-6-8(14)11(17-12)18-10-5-7-3-1-2-4-9(7)16-10/h1-6,16H,14H2. The minimum atomic E-state index is 0.197. The lowest BCUT2D eigenvalue weighted by atomic mass is 10.3. The van der Waals surface area contributed by atoms with Gasteiger partial charge >= 0.3 is 0 Å². The van der Waals surface area contributed by atoms with Crippen LogP contribution in [0.2, 0.25) is 5.28 Å². The van der Waals surface area contributed by atoms with Gasteiger partial charge in [-0.25, -0.2) is 9.97 Å². The Morgan fingerprint density at radius 3 is 2.94 bits per heavy atom. The molecule has 90 valence electrons. The van der Waals surface area contributed by atoms with Gasteiger partial charge in [-0.3, -0.25) is 0 Å². The third-order valence-corrected chi connectivity index (χ3v) is 3.61. The number of nitrogens with zero attached hydrogens (tertiary/aromatic N) is 2. The fraction of sp³-hybridized carbons (Fsp3) is 0. The van der Waals surface area contributed by atoms with Crippen molar-refractivity contribution in [2.45, 2.75) is 10.1 Å². The van der Waals surface area contributed by atoms with Crippen LogP contribution in [0.15, 0.2) is 46.6 Å². The quantitative estimate of drug-likeness (QED) is 0.556. The van der Waals surface area contributed by atoms with Crippen molar-refractivity contribution in [1.82, 2.24) is 15.0 Å². The van der Waals surface area contributed by atoms with Gasteiger partial charge in [0.05, 0.1) is 16.9 Å². The highest BCUT2D eigenvalue weighted by atomic mass is 35.5. The monoisotopic (exact) mass is 276 g/mol. The van der Waals surface area contributed by atoms with Gasteiger partial charge in [-0.15, -0.1) is 0 Å². The molecular weight excluding hydrogens is 268 g/mol. The first kappa shape index (κ1) is 11.4. The van der Waals surface area contributed by atoms with Gasteiger partial charge in [-0.2, -0.15) is 0 Å². The number of aromatic nitrogens is 3. The van der Waals surface area contributed by atoms with Crippen LogP contribution >= 0.6 is 23.4 Å². The number of para-hydroxylation sites is 1. The molecule has 4 nitrogen and oxygen atoms in total. The first-order valence-corrected chi connectivity index (χ1v) is 6.45. The Balaban J connectivity index is 1.98. The number of H-pyrrole nitrogens is 1. The van der Waals surface area contributed by atoms with E-state index in [-0.39, 0.29) is 5.28 Å². The number of nitrogens with two attached hydrogens (primary N) is 1. The predicted octanol–water partition coefficient (Wildman–Crippen LogP) is 3.34. The van der Waals surface area contributed by atoms with Gasteiger partial charge in [0.25, 0.3) is 0 Å². The van der Waals surface area contributed by atoms with Crippen LogP contribution < -0.4 is 5.73 Å². The Labute approximate surface area is 113 Å². The second-order valence-electron chi connectivity index (χ2n) is 3.72. The minimum absolute atomic E-state index is 0.197. The Hall–Kier alpha value is -1.72. The zero-order valence-electron chi connectivity index (χ0n) is 9.22. The third kappa shape index (κ3) is 2.14. The molecule has 6 heteroatoms. The van der Waals surface area contributed by atoms with Crippen molar-refractivity contribution < 1.29 is 0 Å². The van der Waals surface area contributed by atoms with Crippen molar-refractivity contribution in [3.05, 3.63) is 41.8 Å². The summed E-state index contributed by atoms with van der Waals surface area (Å²) in [6.07, 6.45) is 1.51. The number of halogens is 1. The average Bonchev–Trinajstić information content (AvgIpc) is 2.76. The minimum Gasteiger partial charge on any atom is -0.395 e. The molecule has 0 saturated heterocycles. The number of benzene rings is 1. The number of hydrogen-bond acceptors (Lipinski definition) is 4. The molecule has 0 aliphatic carbocycles. The molecule has 0 radical (unpaired) electrons. The summed E-state index contributed by atoms with van der Waals surface area (Å²) in [6.45, 7) is 0. The molecule has 0 bridgehead atoms.